The van der Waals surface area contributed by atoms with Crippen LogP contribution in [-0.2, 0) is 0 Å². The highest BCUT2D eigenvalue weighted by Gasteiger charge is 2.23. The van der Waals surface area contributed by atoms with Crippen molar-refractivity contribution >= 4 is 5.69 Å². The van der Waals surface area contributed by atoms with Gasteiger partial charge >= 0.3 is 5.69 Å². The number of imidazole rings is 1. The summed E-state index contributed by atoms with van der Waals surface area (Å²) < 4.78 is 1.47. The van der Waals surface area contributed by atoms with Crippen LogP contribution in [0.25, 0.3) is 5.82 Å². The van der Waals surface area contributed by atoms with E-state index in [0.717, 1.165) is 0 Å². The molecule has 84 valence electrons. The molecule has 2 heterocycles. The first-order chi connectivity index (χ1) is 8.15. The molecule has 0 atom stereocenters. The van der Waals surface area contributed by atoms with Gasteiger partial charge in [0.15, 0.2) is 0 Å². The van der Waals surface area contributed by atoms with E-state index in [-0.39, 0.29) is 17.1 Å². The molecule has 0 aromatic carbocycles. The largest absolute Gasteiger partial charge is 0.329 e. The van der Waals surface area contributed by atoms with Gasteiger partial charge in [-0.25, -0.2) is 9.97 Å². The number of pyridine rings is 1. The number of aryl methyl sites for hydroxylation is 1. The number of rotatable bonds is 2. The lowest BCUT2D eigenvalue weighted by Gasteiger charge is -2.05. The van der Waals surface area contributed by atoms with E-state index in [0.29, 0.717) is 5.82 Å². The van der Waals surface area contributed by atoms with E-state index >= 15 is 0 Å². The topological polar surface area (TPSA) is 97.6 Å². The maximum Gasteiger partial charge on any atom is 0.329 e. The molecular formula is C10H7N5O2. The van der Waals surface area contributed by atoms with E-state index in [1.165, 1.54) is 23.0 Å². The fourth-order valence-corrected chi connectivity index (χ4v) is 1.49. The zero-order valence-electron chi connectivity index (χ0n) is 8.86. The highest BCUT2D eigenvalue weighted by molar-refractivity contribution is 5.58. The van der Waals surface area contributed by atoms with Crippen molar-refractivity contribution in [1.29, 1.82) is 5.26 Å². The summed E-state index contributed by atoms with van der Waals surface area (Å²) in [6, 6.07) is 3.10. The maximum atomic E-state index is 11.0. The minimum absolute atomic E-state index is 0.0203. The van der Waals surface area contributed by atoms with Crippen LogP contribution < -0.4 is 0 Å². The molecule has 7 nitrogen and oxygen atoms in total. The molecule has 0 aliphatic heterocycles. The lowest BCUT2D eigenvalue weighted by molar-refractivity contribution is -0.385. The Morgan fingerprint density at radius 3 is 2.76 bits per heavy atom. The Hall–Kier alpha value is -2.75. The number of hydrogen-bond donors (Lipinski definition) is 0. The third-order valence-electron chi connectivity index (χ3n) is 2.26. The summed E-state index contributed by atoms with van der Waals surface area (Å²) >= 11 is 0. The van der Waals surface area contributed by atoms with Crippen molar-refractivity contribution in [1.82, 2.24) is 14.5 Å². The lowest BCUT2D eigenvalue weighted by atomic mass is 10.2. The SMILES string of the molecule is Cc1nccn1-c1nccc(C#N)c1[N+](=O)[O-]. The molecule has 0 unspecified atom stereocenters. The standard InChI is InChI=1S/C10H7N5O2/c1-7-12-4-5-14(7)10-9(15(16)17)8(6-11)2-3-13-10/h2-5H,1H3. The van der Waals surface area contributed by atoms with Gasteiger partial charge in [0.2, 0.25) is 5.82 Å². The van der Waals surface area contributed by atoms with Crippen LogP contribution in [-0.4, -0.2) is 19.5 Å². The molecule has 2 aromatic heterocycles. The van der Waals surface area contributed by atoms with Crippen LogP contribution in [0.15, 0.2) is 24.7 Å². The Bertz CT molecular complexity index is 626. The van der Waals surface area contributed by atoms with Crippen LogP contribution in [0.1, 0.15) is 11.4 Å². The second kappa shape index (κ2) is 4.02. The minimum atomic E-state index is -0.611. The van der Waals surface area contributed by atoms with E-state index in [2.05, 4.69) is 9.97 Å². The first-order valence-electron chi connectivity index (χ1n) is 4.69. The second-order valence-electron chi connectivity index (χ2n) is 3.24. The average Bonchev–Trinajstić information content (AvgIpc) is 2.74. The summed E-state index contributed by atoms with van der Waals surface area (Å²) in [6.07, 6.45) is 4.44. The molecule has 7 heteroatoms. The normalized spacial score (nSPS) is 9.88. The number of nitriles is 1. The Kier molecular flexibility index (Phi) is 2.54. The number of nitrogens with zero attached hydrogens (tertiary/aromatic N) is 5. The molecule has 0 aliphatic rings. The summed E-state index contributed by atoms with van der Waals surface area (Å²) in [5.41, 5.74) is -0.329. The fourth-order valence-electron chi connectivity index (χ4n) is 1.49. The van der Waals surface area contributed by atoms with Crippen molar-refractivity contribution in [3.63, 3.8) is 0 Å². The van der Waals surface area contributed by atoms with Crippen molar-refractivity contribution in [2.75, 3.05) is 0 Å². The van der Waals surface area contributed by atoms with Gasteiger partial charge in [-0.15, -0.1) is 0 Å². The molecule has 0 radical (unpaired) electrons. The van der Waals surface area contributed by atoms with E-state index in [4.69, 9.17) is 5.26 Å². The number of aromatic nitrogens is 3. The Morgan fingerprint density at radius 1 is 1.47 bits per heavy atom. The monoisotopic (exact) mass is 229 g/mol. The molecule has 2 aromatic rings. The second-order valence-corrected chi connectivity index (χ2v) is 3.24. The fraction of sp³-hybridized carbons (Fsp3) is 0.100. The molecule has 0 amide bonds. The third-order valence-corrected chi connectivity index (χ3v) is 2.26. The highest BCUT2D eigenvalue weighted by atomic mass is 16.6. The number of hydrogen-bond acceptors (Lipinski definition) is 5. The van der Waals surface area contributed by atoms with Gasteiger partial charge in [-0.3, -0.25) is 14.7 Å². The molecule has 2 rings (SSSR count). The molecule has 0 saturated heterocycles. The molecule has 0 saturated carbocycles. The summed E-state index contributed by atoms with van der Waals surface area (Å²) in [5.74, 6) is 0.666. The van der Waals surface area contributed by atoms with Gasteiger partial charge in [0.05, 0.1) is 4.92 Å². The van der Waals surface area contributed by atoms with Crippen LogP contribution in [0.2, 0.25) is 0 Å². The van der Waals surface area contributed by atoms with Crippen LogP contribution in [0, 0.1) is 28.4 Å². The highest BCUT2D eigenvalue weighted by Crippen LogP contribution is 2.25. The van der Waals surface area contributed by atoms with Gasteiger partial charge in [-0.2, -0.15) is 5.26 Å². The Morgan fingerprint density at radius 2 is 2.24 bits per heavy atom. The van der Waals surface area contributed by atoms with Crippen LogP contribution in [0.5, 0.6) is 0 Å². The third kappa shape index (κ3) is 1.72. The van der Waals surface area contributed by atoms with E-state index in [1.807, 2.05) is 0 Å². The molecule has 0 N–H and O–H groups in total. The predicted molar refractivity (Wildman–Crippen MR) is 57.5 cm³/mol. The minimum Gasteiger partial charge on any atom is -0.282 e. The van der Waals surface area contributed by atoms with E-state index < -0.39 is 4.92 Å². The molecule has 0 fully saturated rings. The molecule has 0 bridgehead atoms. The summed E-state index contributed by atoms with van der Waals surface area (Å²) in [5, 5.41) is 19.8. The molecule has 0 aliphatic carbocycles. The maximum absolute atomic E-state index is 11.0. The van der Waals surface area contributed by atoms with Gasteiger partial charge in [-0.1, -0.05) is 0 Å². The van der Waals surface area contributed by atoms with E-state index in [9.17, 15) is 10.1 Å². The average molecular weight is 229 g/mol. The number of nitro groups is 1. The van der Waals surface area contributed by atoms with Gasteiger partial charge in [0.25, 0.3) is 0 Å². The van der Waals surface area contributed by atoms with E-state index in [1.54, 1.807) is 19.2 Å². The lowest BCUT2D eigenvalue weighted by Crippen LogP contribution is -2.05. The van der Waals surface area contributed by atoms with Crippen molar-refractivity contribution < 1.29 is 4.92 Å². The van der Waals surface area contributed by atoms with Gasteiger partial charge in [0.1, 0.15) is 17.5 Å². The molecule has 17 heavy (non-hydrogen) atoms. The van der Waals surface area contributed by atoms with Gasteiger partial charge in [0, 0.05) is 18.6 Å². The summed E-state index contributed by atoms with van der Waals surface area (Å²) in [7, 11) is 0. The van der Waals surface area contributed by atoms with Crippen molar-refractivity contribution in [2.45, 2.75) is 6.92 Å². The van der Waals surface area contributed by atoms with Crippen molar-refractivity contribution in [2.24, 2.45) is 0 Å². The quantitative estimate of drug-likeness (QED) is 0.571. The summed E-state index contributed by atoms with van der Waals surface area (Å²) in [6.45, 7) is 1.70. The molecule has 0 spiro atoms. The smallest absolute Gasteiger partial charge is 0.282 e. The van der Waals surface area contributed by atoms with Crippen molar-refractivity contribution in [3.8, 4) is 11.9 Å². The van der Waals surface area contributed by atoms with Crippen molar-refractivity contribution in [3.05, 3.63) is 46.2 Å². The Labute approximate surface area is 96.1 Å². The van der Waals surface area contributed by atoms with Crippen LogP contribution in [0.3, 0.4) is 0 Å². The van der Waals surface area contributed by atoms with Gasteiger partial charge < -0.3 is 0 Å². The molecular weight excluding hydrogens is 222 g/mol. The van der Waals surface area contributed by atoms with Crippen LogP contribution in [0.4, 0.5) is 5.69 Å². The predicted octanol–water partition coefficient (Wildman–Crippen LogP) is 1.36. The van der Waals surface area contributed by atoms with Gasteiger partial charge in [-0.05, 0) is 13.0 Å². The van der Waals surface area contributed by atoms with Crippen LogP contribution >= 0.6 is 0 Å². The zero-order chi connectivity index (χ0) is 12.4. The zero-order valence-corrected chi connectivity index (χ0v) is 8.86. The first-order valence-corrected chi connectivity index (χ1v) is 4.69. The summed E-state index contributed by atoms with van der Waals surface area (Å²) in [4.78, 5) is 18.3. The first kappa shape index (κ1) is 10.8. The Balaban J connectivity index is 2.75.